The second-order valence-corrected chi connectivity index (χ2v) is 7.56. The summed E-state index contributed by atoms with van der Waals surface area (Å²) in [5.74, 6) is 0.277. The van der Waals surface area contributed by atoms with Crippen LogP contribution in [0.25, 0.3) is 0 Å². The zero-order chi connectivity index (χ0) is 19.0. The molecule has 2 fully saturated rings. The molecular formula is C20H25F2N5. The Morgan fingerprint density at radius 1 is 1.30 bits per heavy atom. The van der Waals surface area contributed by atoms with Crippen LogP contribution in [0.5, 0.6) is 0 Å². The van der Waals surface area contributed by atoms with Crippen LogP contribution in [0.3, 0.4) is 0 Å². The maximum absolute atomic E-state index is 14.0. The van der Waals surface area contributed by atoms with Crippen LogP contribution < -0.4 is 5.32 Å². The van der Waals surface area contributed by atoms with Gasteiger partial charge < -0.3 is 14.8 Å². The van der Waals surface area contributed by atoms with E-state index in [2.05, 4.69) is 31.7 Å². The van der Waals surface area contributed by atoms with Crippen molar-refractivity contribution in [2.24, 2.45) is 10.9 Å². The molecule has 2 aliphatic rings. The number of nitrogens with zero attached hydrogens (tertiary/aromatic N) is 4. The molecule has 4 atom stereocenters. The average molecular weight is 373 g/mol. The van der Waals surface area contributed by atoms with Crippen molar-refractivity contribution in [2.75, 3.05) is 20.1 Å². The standard InChI is InChI=1S/C20H25F2N5/c1-13-6-8-26(11-18(13)27-9-7-24-12-27)20(23-2)25-17-10-14(17)19-15(21)4-3-5-16(19)22/h3-5,7,9,12-14,17-18H,6,8,10-11H2,1-2H3,(H,23,25). The number of likely N-dealkylation sites (tertiary alicyclic amines) is 1. The normalized spacial score (nSPS) is 28.3. The monoisotopic (exact) mass is 373 g/mol. The van der Waals surface area contributed by atoms with Crippen molar-refractivity contribution in [1.82, 2.24) is 19.8 Å². The highest BCUT2D eigenvalue weighted by Crippen LogP contribution is 2.43. The van der Waals surface area contributed by atoms with Crippen LogP contribution in [-0.4, -0.2) is 46.6 Å². The molecule has 1 N–H and O–H groups in total. The molecule has 1 saturated heterocycles. The van der Waals surface area contributed by atoms with Gasteiger partial charge in [0.2, 0.25) is 0 Å². The number of imidazole rings is 1. The minimum Gasteiger partial charge on any atom is -0.353 e. The third kappa shape index (κ3) is 3.55. The summed E-state index contributed by atoms with van der Waals surface area (Å²) >= 11 is 0. The van der Waals surface area contributed by atoms with Crippen molar-refractivity contribution in [1.29, 1.82) is 0 Å². The average Bonchev–Trinajstić information content (AvgIpc) is 3.17. The van der Waals surface area contributed by atoms with Crippen LogP contribution in [-0.2, 0) is 0 Å². The smallest absolute Gasteiger partial charge is 0.193 e. The zero-order valence-corrected chi connectivity index (χ0v) is 15.6. The lowest BCUT2D eigenvalue weighted by atomic mass is 9.93. The first-order valence-electron chi connectivity index (χ1n) is 9.48. The van der Waals surface area contributed by atoms with Gasteiger partial charge >= 0.3 is 0 Å². The summed E-state index contributed by atoms with van der Waals surface area (Å²) in [5, 5.41) is 3.41. The number of guanidine groups is 1. The van der Waals surface area contributed by atoms with E-state index in [-0.39, 0.29) is 17.5 Å². The largest absolute Gasteiger partial charge is 0.353 e. The third-order valence-corrected chi connectivity index (χ3v) is 5.81. The summed E-state index contributed by atoms with van der Waals surface area (Å²) in [6.45, 7) is 4.01. The fraction of sp³-hybridized carbons (Fsp3) is 0.500. The number of aromatic nitrogens is 2. The van der Waals surface area contributed by atoms with Crippen LogP contribution in [0.2, 0.25) is 0 Å². The predicted octanol–water partition coefficient (Wildman–Crippen LogP) is 3.18. The van der Waals surface area contributed by atoms with Gasteiger partial charge in [0, 0.05) is 50.1 Å². The minimum atomic E-state index is -0.466. The molecule has 4 unspecified atom stereocenters. The van der Waals surface area contributed by atoms with Crippen molar-refractivity contribution in [2.45, 2.75) is 37.8 Å². The molecule has 0 amide bonds. The van der Waals surface area contributed by atoms with E-state index in [0.29, 0.717) is 18.4 Å². The quantitative estimate of drug-likeness (QED) is 0.664. The van der Waals surface area contributed by atoms with Crippen molar-refractivity contribution in [3.63, 3.8) is 0 Å². The van der Waals surface area contributed by atoms with Gasteiger partial charge in [-0.25, -0.2) is 13.8 Å². The molecule has 0 radical (unpaired) electrons. The number of benzene rings is 1. The Morgan fingerprint density at radius 3 is 2.74 bits per heavy atom. The number of piperidine rings is 1. The number of hydrogen-bond donors (Lipinski definition) is 1. The van der Waals surface area contributed by atoms with E-state index in [1.165, 1.54) is 18.2 Å². The fourth-order valence-electron chi connectivity index (χ4n) is 4.10. The molecule has 4 rings (SSSR count). The number of aliphatic imine (C=N–C) groups is 1. The molecule has 1 aliphatic carbocycles. The van der Waals surface area contributed by atoms with Gasteiger partial charge in [-0.15, -0.1) is 0 Å². The molecule has 0 bridgehead atoms. The Kier molecular flexibility index (Phi) is 4.85. The van der Waals surface area contributed by atoms with Gasteiger partial charge in [0.15, 0.2) is 5.96 Å². The van der Waals surface area contributed by atoms with Gasteiger partial charge in [0.25, 0.3) is 0 Å². The first kappa shape index (κ1) is 17.9. The van der Waals surface area contributed by atoms with Crippen molar-refractivity contribution in [3.8, 4) is 0 Å². The van der Waals surface area contributed by atoms with Crippen LogP contribution in [0.4, 0.5) is 8.78 Å². The SMILES string of the molecule is CN=C(NC1CC1c1c(F)cccc1F)N1CCC(C)C(n2ccnc2)C1. The Bertz CT molecular complexity index is 800. The first-order valence-corrected chi connectivity index (χ1v) is 9.48. The van der Waals surface area contributed by atoms with Gasteiger partial charge in [0.05, 0.1) is 12.4 Å². The lowest BCUT2D eigenvalue weighted by molar-refractivity contribution is 0.189. The highest BCUT2D eigenvalue weighted by atomic mass is 19.1. The van der Waals surface area contributed by atoms with E-state index < -0.39 is 11.6 Å². The summed E-state index contributed by atoms with van der Waals surface area (Å²) in [5.41, 5.74) is 0.189. The second-order valence-electron chi connectivity index (χ2n) is 7.56. The minimum absolute atomic E-state index is 0.0149. The number of halogens is 2. The predicted molar refractivity (Wildman–Crippen MR) is 101 cm³/mol. The summed E-state index contributed by atoms with van der Waals surface area (Å²) in [7, 11) is 1.76. The van der Waals surface area contributed by atoms with Gasteiger partial charge in [-0.1, -0.05) is 13.0 Å². The lowest BCUT2D eigenvalue weighted by Gasteiger charge is -2.39. The van der Waals surface area contributed by atoms with Crippen LogP contribution in [0.15, 0.2) is 41.9 Å². The van der Waals surface area contributed by atoms with Gasteiger partial charge in [-0.2, -0.15) is 0 Å². The molecule has 2 aromatic rings. The van der Waals surface area contributed by atoms with E-state index in [1.807, 2.05) is 12.5 Å². The molecule has 7 heteroatoms. The molecule has 5 nitrogen and oxygen atoms in total. The molecular weight excluding hydrogens is 348 g/mol. The summed E-state index contributed by atoms with van der Waals surface area (Å²) in [4.78, 5) is 10.8. The lowest BCUT2D eigenvalue weighted by Crippen LogP contribution is -2.49. The topological polar surface area (TPSA) is 45.5 Å². The molecule has 1 saturated carbocycles. The fourth-order valence-corrected chi connectivity index (χ4v) is 4.10. The van der Waals surface area contributed by atoms with E-state index >= 15 is 0 Å². The molecule has 1 aromatic heterocycles. The van der Waals surface area contributed by atoms with Crippen LogP contribution in [0, 0.1) is 17.6 Å². The van der Waals surface area contributed by atoms with E-state index in [4.69, 9.17) is 0 Å². The molecule has 1 aromatic carbocycles. The maximum Gasteiger partial charge on any atom is 0.193 e. The molecule has 1 aliphatic heterocycles. The van der Waals surface area contributed by atoms with Crippen LogP contribution in [0.1, 0.15) is 37.3 Å². The summed E-state index contributed by atoms with van der Waals surface area (Å²) < 4.78 is 30.2. The zero-order valence-electron chi connectivity index (χ0n) is 15.6. The highest BCUT2D eigenvalue weighted by molar-refractivity contribution is 5.81. The molecule has 2 heterocycles. The van der Waals surface area contributed by atoms with Crippen molar-refractivity contribution >= 4 is 5.96 Å². The summed E-state index contributed by atoms with van der Waals surface area (Å²) in [6.07, 6.45) is 7.43. The van der Waals surface area contributed by atoms with E-state index in [9.17, 15) is 8.78 Å². The van der Waals surface area contributed by atoms with Crippen molar-refractivity contribution in [3.05, 3.63) is 54.1 Å². The molecule has 144 valence electrons. The van der Waals surface area contributed by atoms with E-state index in [1.54, 1.807) is 13.2 Å². The number of hydrogen-bond acceptors (Lipinski definition) is 2. The maximum atomic E-state index is 14.0. The Labute approximate surface area is 158 Å². The Balaban J connectivity index is 1.43. The highest BCUT2D eigenvalue weighted by Gasteiger charge is 2.43. The molecule has 27 heavy (non-hydrogen) atoms. The van der Waals surface area contributed by atoms with Gasteiger partial charge in [-0.3, -0.25) is 4.99 Å². The second kappa shape index (κ2) is 7.29. The van der Waals surface area contributed by atoms with Gasteiger partial charge in [0.1, 0.15) is 11.6 Å². The van der Waals surface area contributed by atoms with E-state index in [0.717, 1.165) is 25.5 Å². The number of rotatable bonds is 3. The summed E-state index contributed by atoms with van der Waals surface area (Å²) in [6, 6.07) is 4.40. The van der Waals surface area contributed by atoms with Crippen LogP contribution >= 0.6 is 0 Å². The Morgan fingerprint density at radius 2 is 2.07 bits per heavy atom. The van der Waals surface area contributed by atoms with Gasteiger partial charge in [-0.05, 0) is 30.9 Å². The molecule has 0 spiro atoms. The Hall–Kier alpha value is -2.44. The third-order valence-electron chi connectivity index (χ3n) is 5.81. The first-order chi connectivity index (χ1) is 13.1. The van der Waals surface area contributed by atoms with Crippen molar-refractivity contribution < 1.29 is 8.78 Å². The number of nitrogens with one attached hydrogen (secondary N) is 1.